The van der Waals surface area contributed by atoms with Crippen molar-refractivity contribution in [3.05, 3.63) is 0 Å². The third-order valence-corrected chi connectivity index (χ3v) is 15.9. The molecule has 0 aromatic heterocycles. The summed E-state index contributed by atoms with van der Waals surface area (Å²) < 4.78 is 6.68. The average molecular weight is 875 g/mol. The fourth-order valence-electron chi connectivity index (χ4n) is 12.8. The molecule has 354 valence electrons. The van der Waals surface area contributed by atoms with E-state index in [-0.39, 0.29) is 53.5 Å². The number of nitrogens with one attached hydrogen (secondary N) is 2. The highest BCUT2D eigenvalue weighted by molar-refractivity contribution is 5.94. The van der Waals surface area contributed by atoms with Gasteiger partial charge in [-0.25, -0.2) is 19.7 Å². The summed E-state index contributed by atoms with van der Waals surface area (Å²) in [4.78, 5) is 42.6. The minimum atomic E-state index is -0.124. The van der Waals surface area contributed by atoms with Crippen LogP contribution < -0.4 is 10.6 Å². The quantitative estimate of drug-likeness (QED) is 0.0921. The molecule has 1 heterocycles. The Morgan fingerprint density at radius 3 is 1.65 bits per heavy atom. The first-order valence-corrected chi connectivity index (χ1v) is 26.6. The number of epoxide rings is 1. The van der Waals surface area contributed by atoms with Crippen LogP contribution in [0.3, 0.4) is 0 Å². The highest BCUT2D eigenvalue weighted by atomic mass is 16.7. The van der Waals surface area contributed by atoms with E-state index < -0.39 is 0 Å². The van der Waals surface area contributed by atoms with Gasteiger partial charge in [-0.15, -0.1) is 0 Å². The number of nitrogens with zero attached hydrogens (tertiary/aromatic N) is 6. The van der Waals surface area contributed by atoms with Gasteiger partial charge in [0.2, 0.25) is 0 Å². The van der Waals surface area contributed by atoms with E-state index in [1.54, 1.807) is 0 Å². The number of hydrogen-bond acceptors (Lipinski definition) is 9. The number of carbonyl (C=O) groups is 1. The Morgan fingerprint density at radius 2 is 1.10 bits per heavy atom. The van der Waals surface area contributed by atoms with Crippen molar-refractivity contribution in [1.29, 1.82) is 0 Å². The Balaban J connectivity index is 0.966. The van der Waals surface area contributed by atoms with Gasteiger partial charge in [-0.05, 0) is 133 Å². The number of oxime groups is 2. The normalized spacial score (nSPS) is 30.9. The smallest absolute Gasteiger partial charge is 0.326 e. The Labute approximate surface area is 381 Å². The molecule has 8 aliphatic rings. The first-order chi connectivity index (χ1) is 30.7. The molecule has 4 atom stereocenters. The number of aliphatic imine (C=N–C) groups is 2. The van der Waals surface area contributed by atoms with Crippen molar-refractivity contribution in [1.82, 2.24) is 20.4 Å². The van der Waals surface area contributed by atoms with Crippen molar-refractivity contribution in [3.8, 4) is 0 Å². The van der Waals surface area contributed by atoms with E-state index in [9.17, 15) is 4.79 Å². The maximum atomic E-state index is 14.8. The van der Waals surface area contributed by atoms with Crippen molar-refractivity contribution in [2.24, 2.45) is 31.1 Å². The van der Waals surface area contributed by atoms with Gasteiger partial charge in [-0.3, -0.25) is 10.2 Å². The molecule has 1 aliphatic heterocycles. The van der Waals surface area contributed by atoms with Crippen molar-refractivity contribution in [3.63, 3.8) is 0 Å². The molecule has 0 radical (unpaired) electrons. The molecule has 12 heteroatoms. The van der Waals surface area contributed by atoms with Gasteiger partial charge in [0, 0.05) is 24.7 Å². The summed E-state index contributed by atoms with van der Waals surface area (Å²) in [6.45, 7) is 7.77. The van der Waals surface area contributed by atoms with E-state index in [1.807, 2.05) is 4.90 Å². The number of urea groups is 1. The number of carbonyl (C=O) groups excluding carboxylic acids is 1. The van der Waals surface area contributed by atoms with E-state index in [0.29, 0.717) is 24.6 Å². The minimum Gasteiger partial charge on any atom is -0.337 e. The van der Waals surface area contributed by atoms with Crippen LogP contribution in [0.1, 0.15) is 233 Å². The van der Waals surface area contributed by atoms with E-state index in [4.69, 9.17) is 34.7 Å². The molecule has 0 spiro atoms. The van der Waals surface area contributed by atoms with Crippen LogP contribution in [-0.2, 0) is 14.4 Å². The molecule has 7 aliphatic carbocycles. The maximum Gasteiger partial charge on any atom is 0.326 e. The van der Waals surface area contributed by atoms with E-state index in [1.165, 1.54) is 95.6 Å². The second-order valence-corrected chi connectivity index (χ2v) is 22.4. The van der Waals surface area contributed by atoms with Gasteiger partial charge in [-0.2, -0.15) is 0 Å². The average Bonchev–Trinajstić information content (AvgIpc) is 4.05. The molecule has 7 saturated carbocycles. The minimum absolute atomic E-state index is 0.0679. The zero-order valence-electron chi connectivity index (χ0n) is 39.9. The molecule has 8 rings (SSSR count). The fourth-order valence-corrected chi connectivity index (χ4v) is 12.8. The first-order valence-electron chi connectivity index (χ1n) is 26.6. The summed E-state index contributed by atoms with van der Waals surface area (Å²) in [6.07, 6.45) is 37.2. The second kappa shape index (κ2) is 22.6. The molecule has 0 aromatic rings. The zero-order valence-corrected chi connectivity index (χ0v) is 39.9. The van der Waals surface area contributed by atoms with Gasteiger partial charge < -0.3 is 19.7 Å². The SMILES string of the molecule is CC1(C)CC(NC2OC2N(/C(=N/C2CCCCC2)ON=C2CCCCC2)C2CCCCC2)CC(C)(CNC(=O)N(/C(=N/C2CCCCC2)ON=C2CCCCC2)C2CCCCC2)C1. The lowest BCUT2D eigenvalue weighted by Gasteiger charge is -2.47. The number of rotatable bonds is 11. The van der Waals surface area contributed by atoms with Crippen LogP contribution in [0.4, 0.5) is 4.79 Å². The molecule has 0 aromatic carbocycles. The highest BCUT2D eigenvalue weighted by Crippen LogP contribution is 2.47. The summed E-state index contributed by atoms with van der Waals surface area (Å²) in [7, 11) is 0. The standard InChI is InChI=1S/C51H86N8O4/c1-50(2)34-42(53-45-46(61-45)58(43-30-18-8-19-31-43)48(54-38-22-10-4-11-23-38)62-56-40-26-14-6-15-27-40)35-51(3,36-50)37-52-47(60)59(44-32-20-9-21-33-44)49(55-39-24-12-5-13-25-39)63-57-41-28-16-7-17-29-41/h38-39,42-46,53H,4-37H2,1-3H3,(H,52,60)/b54-48-,55-49-. The topological polar surface area (TPSA) is 128 Å². The summed E-state index contributed by atoms with van der Waals surface area (Å²) in [6, 6.07) is 2.16. The molecule has 1 saturated heterocycles. The van der Waals surface area contributed by atoms with Crippen molar-refractivity contribution < 1.29 is 19.2 Å². The second-order valence-electron chi connectivity index (χ2n) is 22.4. The molecule has 4 unspecified atom stereocenters. The predicted octanol–water partition coefficient (Wildman–Crippen LogP) is 11.9. The van der Waals surface area contributed by atoms with Gasteiger partial charge in [0.1, 0.15) is 0 Å². The van der Waals surface area contributed by atoms with E-state index in [2.05, 4.69) is 36.3 Å². The van der Waals surface area contributed by atoms with Gasteiger partial charge in [-0.1, -0.05) is 121 Å². The van der Waals surface area contributed by atoms with Crippen molar-refractivity contribution in [2.75, 3.05) is 6.54 Å². The van der Waals surface area contributed by atoms with Crippen LogP contribution in [0.2, 0.25) is 0 Å². The van der Waals surface area contributed by atoms with E-state index in [0.717, 1.165) is 128 Å². The number of hydrogen-bond donors (Lipinski definition) is 2. The Bertz CT molecular complexity index is 1570. The van der Waals surface area contributed by atoms with Crippen LogP contribution in [0.25, 0.3) is 0 Å². The monoisotopic (exact) mass is 875 g/mol. The fraction of sp³-hybridized carbons (Fsp3) is 0.902. The number of ether oxygens (including phenoxy) is 1. The van der Waals surface area contributed by atoms with Gasteiger partial charge >= 0.3 is 18.1 Å². The van der Waals surface area contributed by atoms with Crippen LogP contribution >= 0.6 is 0 Å². The summed E-state index contributed by atoms with van der Waals surface area (Å²) in [5.41, 5.74) is 2.26. The Kier molecular flexibility index (Phi) is 16.8. The third kappa shape index (κ3) is 13.7. The molecule has 8 fully saturated rings. The van der Waals surface area contributed by atoms with Crippen molar-refractivity contribution in [2.45, 2.75) is 275 Å². The van der Waals surface area contributed by atoms with Crippen LogP contribution in [-0.4, -0.2) is 88.5 Å². The van der Waals surface area contributed by atoms with Crippen LogP contribution in [0.5, 0.6) is 0 Å². The predicted molar refractivity (Wildman–Crippen MR) is 254 cm³/mol. The van der Waals surface area contributed by atoms with Crippen LogP contribution in [0, 0.1) is 10.8 Å². The summed E-state index contributed by atoms with van der Waals surface area (Å²) in [5, 5.41) is 17.0. The van der Waals surface area contributed by atoms with E-state index >= 15 is 0 Å². The van der Waals surface area contributed by atoms with Gasteiger partial charge in [0.15, 0.2) is 12.5 Å². The van der Waals surface area contributed by atoms with Gasteiger partial charge in [0.25, 0.3) is 0 Å². The number of amides is 2. The number of amidine groups is 2. The first kappa shape index (κ1) is 46.8. The Morgan fingerprint density at radius 1 is 0.619 bits per heavy atom. The lowest BCUT2D eigenvalue weighted by Crippen LogP contribution is -2.55. The molecule has 63 heavy (non-hydrogen) atoms. The van der Waals surface area contributed by atoms with Crippen LogP contribution in [0.15, 0.2) is 20.3 Å². The lowest BCUT2D eigenvalue weighted by molar-refractivity contribution is 0.0653. The lowest BCUT2D eigenvalue weighted by atomic mass is 9.62. The van der Waals surface area contributed by atoms with Gasteiger partial charge in [0.05, 0.1) is 23.5 Å². The molecule has 0 bridgehead atoms. The molecule has 12 nitrogen and oxygen atoms in total. The molecule has 2 amide bonds. The zero-order chi connectivity index (χ0) is 43.5. The summed E-state index contributed by atoms with van der Waals surface area (Å²) >= 11 is 0. The summed E-state index contributed by atoms with van der Waals surface area (Å²) in [5.74, 6) is 0. The van der Waals surface area contributed by atoms with Crippen molar-refractivity contribution >= 4 is 29.5 Å². The molecular formula is C51H86N8O4. The largest absolute Gasteiger partial charge is 0.337 e. The third-order valence-electron chi connectivity index (χ3n) is 15.9. The Hall–Kier alpha value is -2.73. The molecular weight excluding hydrogens is 789 g/mol. The molecule has 2 N–H and O–H groups in total. The highest BCUT2D eigenvalue weighted by Gasteiger charge is 2.52. The maximum absolute atomic E-state index is 14.8.